The lowest BCUT2D eigenvalue weighted by atomic mass is 10.1. The second-order valence-electron chi connectivity index (χ2n) is 4.50. The molecule has 4 heteroatoms. The van der Waals surface area contributed by atoms with Crippen LogP contribution in [0.2, 0.25) is 5.02 Å². The number of benzene rings is 2. The lowest BCUT2D eigenvalue weighted by Crippen LogP contribution is -2.02. The number of hydrogen-bond donors (Lipinski definition) is 1. The maximum atomic E-state index is 13.7. The zero-order valence-electron chi connectivity index (χ0n) is 11.5. The number of hydrogen-bond acceptors (Lipinski definition) is 2. The molecule has 2 rings (SSSR count). The van der Waals surface area contributed by atoms with Gasteiger partial charge in [0.15, 0.2) is 11.6 Å². The predicted octanol–water partition coefficient (Wildman–Crippen LogP) is 4.80. The van der Waals surface area contributed by atoms with Crippen molar-refractivity contribution in [2.24, 2.45) is 0 Å². The Morgan fingerprint density at radius 3 is 2.65 bits per heavy atom. The fourth-order valence-electron chi connectivity index (χ4n) is 1.94. The van der Waals surface area contributed by atoms with Crippen LogP contribution in [0.1, 0.15) is 18.1 Å². The van der Waals surface area contributed by atoms with Gasteiger partial charge in [0.05, 0.1) is 6.61 Å². The lowest BCUT2D eigenvalue weighted by molar-refractivity contribution is 0.321. The van der Waals surface area contributed by atoms with Gasteiger partial charge in [0.1, 0.15) is 0 Å². The molecule has 20 heavy (non-hydrogen) atoms. The molecule has 0 radical (unpaired) electrons. The van der Waals surface area contributed by atoms with Crippen LogP contribution in [0.15, 0.2) is 36.4 Å². The van der Waals surface area contributed by atoms with Crippen LogP contribution in [0.5, 0.6) is 5.75 Å². The Kier molecular flexibility index (Phi) is 4.85. The Morgan fingerprint density at radius 1 is 1.20 bits per heavy atom. The van der Waals surface area contributed by atoms with Crippen molar-refractivity contribution in [1.82, 2.24) is 0 Å². The maximum absolute atomic E-state index is 13.7. The fourth-order valence-corrected chi connectivity index (χ4v) is 2.16. The normalized spacial score (nSPS) is 10.4. The highest BCUT2D eigenvalue weighted by molar-refractivity contribution is 6.30. The lowest BCUT2D eigenvalue weighted by Gasteiger charge is -2.11. The first-order valence-electron chi connectivity index (χ1n) is 6.51. The van der Waals surface area contributed by atoms with Gasteiger partial charge in [-0.25, -0.2) is 4.39 Å². The number of aryl methyl sites for hydroxylation is 1. The Labute approximate surface area is 123 Å². The van der Waals surface area contributed by atoms with Crippen LogP contribution in [0.3, 0.4) is 0 Å². The van der Waals surface area contributed by atoms with Crippen molar-refractivity contribution in [2.75, 3.05) is 11.9 Å². The van der Waals surface area contributed by atoms with Gasteiger partial charge >= 0.3 is 0 Å². The molecule has 106 valence electrons. The quantitative estimate of drug-likeness (QED) is 0.855. The first kappa shape index (κ1) is 14.7. The minimum Gasteiger partial charge on any atom is -0.491 e. The van der Waals surface area contributed by atoms with E-state index in [1.165, 1.54) is 6.07 Å². The van der Waals surface area contributed by atoms with Crippen LogP contribution in [0.4, 0.5) is 10.1 Å². The third kappa shape index (κ3) is 3.64. The first-order valence-corrected chi connectivity index (χ1v) is 6.89. The summed E-state index contributed by atoms with van der Waals surface area (Å²) < 4.78 is 18.9. The molecular weight excluding hydrogens is 277 g/mol. The van der Waals surface area contributed by atoms with Crippen molar-refractivity contribution >= 4 is 17.3 Å². The number of nitrogens with one attached hydrogen (secondary N) is 1. The Hall–Kier alpha value is -1.74. The molecule has 0 aliphatic carbocycles. The van der Waals surface area contributed by atoms with E-state index in [1.807, 2.05) is 32.0 Å². The van der Waals surface area contributed by atoms with E-state index in [9.17, 15) is 4.39 Å². The van der Waals surface area contributed by atoms with E-state index < -0.39 is 0 Å². The molecule has 0 unspecified atom stereocenters. The molecule has 0 aliphatic heterocycles. The Morgan fingerprint density at radius 2 is 2.00 bits per heavy atom. The number of anilines is 1. The highest BCUT2D eigenvalue weighted by Crippen LogP contribution is 2.22. The standard InChI is InChI=1S/C16H17ClFNO/c1-3-20-16-7-6-14(9-15(16)18)19-10-12-4-5-13(17)8-11(12)2/h4-9,19H,3,10H2,1-2H3. The van der Waals surface area contributed by atoms with Crippen molar-refractivity contribution in [3.05, 3.63) is 58.4 Å². The number of ether oxygens (including phenoxy) is 1. The third-order valence-corrected chi connectivity index (χ3v) is 3.25. The summed E-state index contributed by atoms with van der Waals surface area (Å²) in [4.78, 5) is 0. The van der Waals surface area contributed by atoms with Crippen LogP contribution >= 0.6 is 11.6 Å². The second-order valence-corrected chi connectivity index (χ2v) is 4.94. The summed E-state index contributed by atoms with van der Waals surface area (Å²) in [7, 11) is 0. The van der Waals surface area contributed by atoms with E-state index >= 15 is 0 Å². The Balaban J connectivity index is 2.05. The average Bonchev–Trinajstić information content (AvgIpc) is 2.41. The van der Waals surface area contributed by atoms with Crippen molar-refractivity contribution < 1.29 is 9.13 Å². The Bertz CT molecular complexity index is 601. The maximum Gasteiger partial charge on any atom is 0.167 e. The molecule has 0 saturated heterocycles. The van der Waals surface area contributed by atoms with Gasteiger partial charge in [-0.2, -0.15) is 0 Å². The van der Waals surface area contributed by atoms with Gasteiger partial charge in [-0.15, -0.1) is 0 Å². The van der Waals surface area contributed by atoms with Crippen molar-refractivity contribution in [1.29, 1.82) is 0 Å². The predicted molar refractivity (Wildman–Crippen MR) is 81.1 cm³/mol. The minimum absolute atomic E-state index is 0.278. The summed E-state index contributed by atoms with van der Waals surface area (Å²) in [5.74, 6) is -0.0783. The van der Waals surface area contributed by atoms with E-state index in [-0.39, 0.29) is 11.6 Å². The molecule has 0 bridgehead atoms. The highest BCUT2D eigenvalue weighted by Gasteiger charge is 2.05. The molecule has 2 aromatic rings. The topological polar surface area (TPSA) is 21.3 Å². The summed E-state index contributed by atoms with van der Waals surface area (Å²) in [5.41, 5.74) is 2.96. The van der Waals surface area contributed by atoms with Crippen LogP contribution in [-0.2, 0) is 6.54 Å². The molecule has 0 saturated carbocycles. The average molecular weight is 294 g/mol. The summed E-state index contributed by atoms with van der Waals surface area (Å²) in [6.07, 6.45) is 0. The van der Waals surface area contributed by atoms with Crippen molar-refractivity contribution in [2.45, 2.75) is 20.4 Å². The first-order chi connectivity index (χ1) is 9.60. The second kappa shape index (κ2) is 6.62. The van der Waals surface area contributed by atoms with E-state index in [0.717, 1.165) is 21.8 Å². The monoisotopic (exact) mass is 293 g/mol. The van der Waals surface area contributed by atoms with E-state index in [1.54, 1.807) is 12.1 Å². The summed E-state index contributed by atoms with van der Waals surface area (Å²) in [6.45, 7) is 4.90. The van der Waals surface area contributed by atoms with Gasteiger partial charge in [0, 0.05) is 23.3 Å². The van der Waals surface area contributed by atoms with E-state index in [4.69, 9.17) is 16.3 Å². The van der Waals surface area contributed by atoms with Crippen LogP contribution in [0.25, 0.3) is 0 Å². The largest absolute Gasteiger partial charge is 0.491 e. The van der Waals surface area contributed by atoms with Gasteiger partial charge < -0.3 is 10.1 Å². The zero-order valence-corrected chi connectivity index (χ0v) is 12.3. The van der Waals surface area contributed by atoms with Gasteiger partial charge in [-0.3, -0.25) is 0 Å². The smallest absolute Gasteiger partial charge is 0.167 e. The van der Waals surface area contributed by atoms with Crippen molar-refractivity contribution in [3.63, 3.8) is 0 Å². The summed E-state index contributed by atoms with van der Waals surface area (Å²) in [6, 6.07) is 10.6. The molecule has 0 fully saturated rings. The van der Waals surface area contributed by atoms with Gasteiger partial charge in [-0.05, 0) is 49.2 Å². The van der Waals surface area contributed by atoms with Crippen LogP contribution in [0, 0.1) is 12.7 Å². The van der Waals surface area contributed by atoms with Gasteiger partial charge in [0.2, 0.25) is 0 Å². The molecular formula is C16H17ClFNO. The molecule has 2 aromatic carbocycles. The number of halogens is 2. The molecule has 0 aromatic heterocycles. The summed E-state index contributed by atoms with van der Waals surface area (Å²) in [5, 5.41) is 3.91. The molecule has 0 spiro atoms. The summed E-state index contributed by atoms with van der Waals surface area (Å²) >= 11 is 5.92. The highest BCUT2D eigenvalue weighted by atomic mass is 35.5. The number of rotatable bonds is 5. The zero-order chi connectivity index (χ0) is 14.5. The third-order valence-electron chi connectivity index (χ3n) is 3.02. The van der Waals surface area contributed by atoms with E-state index in [0.29, 0.717) is 13.2 Å². The van der Waals surface area contributed by atoms with E-state index in [2.05, 4.69) is 5.32 Å². The van der Waals surface area contributed by atoms with Gasteiger partial charge in [0.25, 0.3) is 0 Å². The SMILES string of the molecule is CCOc1ccc(NCc2ccc(Cl)cc2C)cc1F. The molecule has 2 nitrogen and oxygen atoms in total. The molecule has 0 heterocycles. The molecule has 1 N–H and O–H groups in total. The van der Waals surface area contributed by atoms with Crippen LogP contribution in [-0.4, -0.2) is 6.61 Å². The van der Waals surface area contributed by atoms with Gasteiger partial charge in [-0.1, -0.05) is 17.7 Å². The minimum atomic E-state index is -0.357. The molecule has 0 aliphatic rings. The van der Waals surface area contributed by atoms with Crippen molar-refractivity contribution in [3.8, 4) is 5.75 Å². The molecule has 0 amide bonds. The van der Waals surface area contributed by atoms with Crippen LogP contribution < -0.4 is 10.1 Å². The molecule has 0 atom stereocenters. The fraction of sp³-hybridized carbons (Fsp3) is 0.250.